The first-order valence-corrected chi connectivity index (χ1v) is 6.91. The lowest BCUT2D eigenvalue weighted by Gasteiger charge is -2.57. The van der Waals surface area contributed by atoms with Crippen LogP contribution < -0.4 is 0 Å². The van der Waals surface area contributed by atoms with Gasteiger partial charge in [-0.15, -0.1) is 0 Å². The third-order valence-electron chi connectivity index (χ3n) is 5.34. The second-order valence-corrected chi connectivity index (χ2v) is 7.11. The molecule has 2 aliphatic carbocycles. The second-order valence-electron chi connectivity index (χ2n) is 7.11. The number of hydrogen-bond donors (Lipinski definition) is 3. The molecule has 0 radical (unpaired) electrons. The molecule has 2 fully saturated rings. The van der Waals surface area contributed by atoms with Gasteiger partial charge in [-0.3, -0.25) is 0 Å². The summed E-state index contributed by atoms with van der Waals surface area (Å²) in [6.45, 7) is 9.50. The van der Waals surface area contributed by atoms with Crippen LogP contribution in [0.3, 0.4) is 0 Å². The van der Waals surface area contributed by atoms with Gasteiger partial charge in [0.25, 0.3) is 0 Å². The number of fused-ring (bicyclic) bond motifs is 1. The highest BCUT2D eigenvalue weighted by molar-refractivity contribution is 5.25. The molecular weight excluding hydrogens is 228 g/mol. The molecule has 104 valence electrons. The molecular formula is C15H26O3. The van der Waals surface area contributed by atoms with Crippen LogP contribution in [0.15, 0.2) is 12.2 Å². The van der Waals surface area contributed by atoms with Crippen molar-refractivity contribution in [2.24, 2.45) is 11.3 Å². The minimum atomic E-state index is -0.978. The zero-order valence-electron chi connectivity index (χ0n) is 11.7. The van der Waals surface area contributed by atoms with E-state index in [0.717, 1.165) is 24.8 Å². The molecule has 0 aromatic rings. The smallest absolute Gasteiger partial charge is 0.0913 e. The van der Waals surface area contributed by atoms with E-state index >= 15 is 0 Å². The monoisotopic (exact) mass is 254 g/mol. The standard InChI is InChI=1S/C15H26O3/c1-10-6-5-7-14(4)9-12(16)11(13(2,3)17)8-15(10,14)18/h11-12,16-18H,1,5-9H2,2-4H3. The second kappa shape index (κ2) is 4.06. The Hall–Kier alpha value is -0.380. The fraction of sp³-hybridized carbons (Fsp3) is 0.867. The molecule has 0 amide bonds. The molecule has 4 unspecified atom stereocenters. The molecule has 0 saturated heterocycles. The van der Waals surface area contributed by atoms with E-state index in [1.165, 1.54) is 0 Å². The molecule has 2 aliphatic rings. The number of aliphatic hydroxyl groups is 3. The maximum atomic E-state index is 11.0. The van der Waals surface area contributed by atoms with Gasteiger partial charge in [0.1, 0.15) is 0 Å². The van der Waals surface area contributed by atoms with Crippen LogP contribution in [0.1, 0.15) is 52.9 Å². The zero-order chi connectivity index (χ0) is 13.8. The molecule has 0 aromatic carbocycles. The van der Waals surface area contributed by atoms with Crippen molar-refractivity contribution in [1.82, 2.24) is 0 Å². The van der Waals surface area contributed by atoms with Crippen LogP contribution in [0.2, 0.25) is 0 Å². The molecule has 3 nitrogen and oxygen atoms in total. The highest BCUT2D eigenvalue weighted by Crippen LogP contribution is 2.57. The van der Waals surface area contributed by atoms with E-state index in [2.05, 4.69) is 6.58 Å². The predicted molar refractivity (Wildman–Crippen MR) is 71.1 cm³/mol. The number of hydrogen-bond acceptors (Lipinski definition) is 3. The average molecular weight is 254 g/mol. The van der Waals surface area contributed by atoms with E-state index in [1.54, 1.807) is 13.8 Å². The minimum absolute atomic E-state index is 0.301. The molecule has 3 heteroatoms. The van der Waals surface area contributed by atoms with Gasteiger partial charge in [-0.1, -0.05) is 13.5 Å². The van der Waals surface area contributed by atoms with Gasteiger partial charge in [0.05, 0.1) is 17.3 Å². The Balaban J connectivity index is 2.36. The fourth-order valence-corrected chi connectivity index (χ4v) is 3.97. The van der Waals surface area contributed by atoms with Crippen molar-refractivity contribution in [2.75, 3.05) is 0 Å². The van der Waals surface area contributed by atoms with E-state index < -0.39 is 17.3 Å². The molecule has 18 heavy (non-hydrogen) atoms. The molecule has 0 aliphatic heterocycles. The average Bonchev–Trinajstić information content (AvgIpc) is 2.20. The fourth-order valence-electron chi connectivity index (χ4n) is 3.97. The van der Waals surface area contributed by atoms with Gasteiger partial charge in [-0.25, -0.2) is 0 Å². The molecule has 0 spiro atoms. The van der Waals surface area contributed by atoms with Gasteiger partial charge in [0.2, 0.25) is 0 Å². The Morgan fingerprint density at radius 1 is 1.33 bits per heavy atom. The maximum Gasteiger partial charge on any atom is 0.0913 e. The van der Waals surface area contributed by atoms with E-state index in [9.17, 15) is 15.3 Å². The Labute approximate surface area is 110 Å². The molecule has 0 bridgehead atoms. The number of rotatable bonds is 1. The zero-order valence-corrected chi connectivity index (χ0v) is 11.7. The van der Waals surface area contributed by atoms with E-state index in [1.807, 2.05) is 6.92 Å². The number of aliphatic hydroxyl groups excluding tert-OH is 1. The van der Waals surface area contributed by atoms with Crippen LogP contribution in [0, 0.1) is 11.3 Å². The Bertz CT molecular complexity index is 357. The van der Waals surface area contributed by atoms with Crippen molar-refractivity contribution < 1.29 is 15.3 Å². The summed E-state index contributed by atoms with van der Waals surface area (Å²) in [5, 5.41) is 31.5. The lowest BCUT2D eigenvalue weighted by atomic mass is 9.51. The van der Waals surface area contributed by atoms with Crippen LogP contribution in [-0.2, 0) is 0 Å². The van der Waals surface area contributed by atoms with Crippen molar-refractivity contribution in [1.29, 1.82) is 0 Å². The molecule has 4 atom stereocenters. The summed E-state index contributed by atoms with van der Waals surface area (Å²) in [4.78, 5) is 0. The van der Waals surface area contributed by atoms with Gasteiger partial charge in [-0.2, -0.15) is 0 Å². The largest absolute Gasteiger partial charge is 0.393 e. The Kier molecular flexibility index (Phi) is 3.16. The summed E-state index contributed by atoms with van der Waals surface area (Å²) in [5.74, 6) is -0.301. The van der Waals surface area contributed by atoms with Crippen molar-refractivity contribution in [3.63, 3.8) is 0 Å². The maximum absolute atomic E-state index is 11.0. The predicted octanol–water partition coefficient (Wildman–Crippen LogP) is 2.01. The first kappa shape index (κ1) is 14.0. The van der Waals surface area contributed by atoms with Crippen LogP contribution in [0.4, 0.5) is 0 Å². The summed E-state index contributed by atoms with van der Waals surface area (Å²) < 4.78 is 0. The Morgan fingerprint density at radius 2 is 1.94 bits per heavy atom. The highest BCUT2D eigenvalue weighted by atomic mass is 16.3. The van der Waals surface area contributed by atoms with Crippen molar-refractivity contribution in [3.05, 3.63) is 12.2 Å². The van der Waals surface area contributed by atoms with Crippen molar-refractivity contribution >= 4 is 0 Å². The minimum Gasteiger partial charge on any atom is -0.393 e. The van der Waals surface area contributed by atoms with Gasteiger partial charge < -0.3 is 15.3 Å². The van der Waals surface area contributed by atoms with E-state index in [4.69, 9.17) is 0 Å². The van der Waals surface area contributed by atoms with Crippen LogP contribution in [0.5, 0.6) is 0 Å². The summed E-state index contributed by atoms with van der Waals surface area (Å²) in [6.07, 6.45) is 3.18. The molecule has 3 N–H and O–H groups in total. The quantitative estimate of drug-likeness (QED) is 0.627. The topological polar surface area (TPSA) is 60.7 Å². The normalized spacial score (nSPS) is 45.8. The van der Waals surface area contributed by atoms with Gasteiger partial charge in [0, 0.05) is 11.3 Å². The molecule has 0 heterocycles. The van der Waals surface area contributed by atoms with Crippen molar-refractivity contribution in [2.45, 2.75) is 70.2 Å². The van der Waals surface area contributed by atoms with Crippen LogP contribution in [0.25, 0.3) is 0 Å². The summed E-state index contributed by atoms with van der Waals surface area (Å²) in [5.41, 5.74) is -1.34. The van der Waals surface area contributed by atoms with E-state index in [0.29, 0.717) is 12.8 Å². The first-order chi connectivity index (χ1) is 8.10. The van der Waals surface area contributed by atoms with Crippen LogP contribution in [-0.4, -0.2) is 32.6 Å². The van der Waals surface area contributed by atoms with Gasteiger partial charge >= 0.3 is 0 Å². The summed E-state index contributed by atoms with van der Waals surface area (Å²) >= 11 is 0. The molecule has 0 aromatic heterocycles. The van der Waals surface area contributed by atoms with Crippen LogP contribution >= 0.6 is 0 Å². The lowest BCUT2D eigenvalue weighted by molar-refractivity contribution is -0.181. The lowest BCUT2D eigenvalue weighted by Crippen LogP contribution is -2.61. The summed E-state index contributed by atoms with van der Waals surface area (Å²) in [7, 11) is 0. The first-order valence-electron chi connectivity index (χ1n) is 6.91. The van der Waals surface area contributed by atoms with E-state index in [-0.39, 0.29) is 11.3 Å². The van der Waals surface area contributed by atoms with Gasteiger partial charge in [-0.05, 0) is 51.5 Å². The molecule has 2 saturated carbocycles. The SMILES string of the molecule is C=C1CCCC2(C)CC(O)C(C(C)(C)O)CC12O. The van der Waals surface area contributed by atoms with Gasteiger partial charge in [0.15, 0.2) is 0 Å². The summed E-state index contributed by atoms with van der Waals surface area (Å²) in [6, 6.07) is 0. The highest BCUT2D eigenvalue weighted by Gasteiger charge is 2.58. The third-order valence-corrected chi connectivity index (χ3v) is 5.34. The molecule has 2 rings (SSSR count). The van der Waals surface area contributed by atoms with Crippen molar-refractivity contribution in [3.8, 4) is 0 Å². The third kappa shape index (κ3) is 1.93. The Morgan fingerprint density at radius 3 is 2.50 bits per heavy atom.